The standard InChI is InChI=1S/C26H19ClF4N6O/c1-14-7-8-16(9-15(14)2)20-10-22(26(29,30)31)37-23(32-20)11-21(34-37)25(38)33-24-18(27)13-36(35-24)12-17-5-3-4-6-19(17)28/h3-11,13H,12H2,1-2H3,(H,33,35,38). The summed E-state index contributed by atoms with van der Waals surface area (Å²) < 4.78 is 57.7. The summed E-state index contributed by atoms with van der Waals surface area (Å²) in [7, 11) is 0. The van der Waals surface area contributed by atoms with E-state index in [0.717, 1.165) is 23.3 Å². The van der Waals surface area contributed by atoms with Crippen molar-refractivity contribution < 1.29 is 22.4 Å². The molecule has 0 aliphatic heterocycles. The van der Waals surface area contributed by atoms with Crippen LogP contribution in [0.25, 0.3) is 16.9 Å². The first-order chi connectivity index (χ1) is 18.0. The third-order valence-corrected chi connectivity index (χ3v) is 6.27. The topological polar surface area (TPSA) is 77.1 Å². The highest BCUT2D eigenvalue weighted by atomic mass is 35.5. The molecule has 0 atom stereocenters. The van der Waals surface area contributed by atoms with Gasteiger partial charge in [0.15, 0.2) is 22.9 Å². The number of amides is 1. The molecule has 3 aromatic heterocycles. The number of alkyl halides is 3. The lowest BCUT2D eigenvalue weighted by Gasteiger charge is -2.11. The average Bonchev–Trinajstić information content (AvgIpc) is 3.44. The number of hydrogen-bond acceptors (Lipinski definition) is 4. The number of aromatic nitrogens is 5. The molecule has 0 aliphatic rings. The molecule has 194 valence electrons. The maximum Gasteiger partial charge on any atom is 0.433 e. The van der Waals surface area contributed by atoms with Crippen LogP contribution in [-0.4, -0.2) is 30.3 Å². The Bertz CT molecular complexity index is 1690. The van der Waals surface area contributed by atoms with Gasteiger partial charge in [-0.15, -0.1) is 0 Å². The number of anilines is 1. The lowest BCUT2D eigenvalue weighted by molar-refractivity contribution is -0.142. The first kappa shape index (κ1) is 25.4. The second kappa shape index (κ2) is 9.56. The van der Waals surface area contributed by atoms with E-state index in [0.29, 0.717) is 15.6 Å². The van der Waals surface area contributed by atoms with Gasteiger partial charge in [-0.3, -0.25) is 9.48 Å². The Labute approximate surface area is 218 Å². The maximum absolute atomic E-state index is 14.0. The molecule has 0 saturated carbocycles. The summed E-state index contributed by atoms with van der Waals surface area (Å²) in [4.78, 5) is 17.2. The van der Waals surface area contributed by atoms with Gasteiger partial charge in [0.2, 0.25) is 0 Å². The Kier molecular flexibility index (Phi) is 6.39. The number of carbonyl (C=O) groups excluding carboxylic acids is 1. The van der Waals surface area contributed by atoms with Gasteiger partial charge in [0, 0.05) is 23.4 Å². The van der Waals surface area contributed by atoms with Crippen LogP contribution >= 0.6 is 11.6 Å². The number of fused-ring (bicyclic) bond motifs is 1. The third-order valence-electron chi connectivity index (χ3n) is 5.99. The summed E-state index contributed by atoms with van der Waals surface area (Å²) in [6.07, 6.45) is -3.36. The monoisotopic (exact) mass is 542 g/mol. The number of hydrogen-bond donors (Lipinski definition) is 1. The van der Waals surface area contributed by atoms with Crippen molar-refractivity contribution in [3.05, 3.63) is 99.7 Å². The number of nitrogens with one attached hydrogen (secondary N) is 1. The molecule has 0 fully saturated rings. The Morgan fingerprint density at radius 3 is 2.50 bits per heavy atom. The van der Waals surface area contributed by atoms with Crippen molar-refractivity contribution in [1.82, 2.24) is 24.4 Å². The van der Waals surface area contributed by atoms with E-state index in [1.54, 1.807) is 36.4 Å². The Morgan fingerprint density at radius 2 is 1.79 bits per heavy atom. The Balaban J connectivity index is 1.47. The van der Waals surface area contributed by atoms with Crippen LogP contribution in [0.4, 0.5) is 23.4 Å². The summed E-state index contributed by atoms with van der Waals surface area (Å²) in [5.74, 6) is -1.32. The fourth-order valence-corrected chi connectivity index (χ4v) is 4.07. The highest BCUT2D eigenvalue weighted by Gasteiger charge is 2.35. The van der Waals surface area contributed by atoms with Gasteiger partial charge in [-0.05, 0) is 43.2 Å². The fourth-order valence-electron chi connectivity index (χ4n) is 3.87. The summed E-state index contributed by atoms with van der Waals surface area (Å²) >= 11 is 6.18. The van der Waals surface area contributed by atoms with Crippen LogP contribution in [0.15, 0.2) is 60.8 Å². The van der Waals surface area contributed by atoms with Crippen LogP contribution in [0.2, 0.25) is 5.02 Å². The van der Waals surface area contributed by atoms with Crippen LogP contribution in [-0.2, 0) is 12.7 Å². The van der Waals surface area contributed by atoms with Crippen molar-refractivity contribution >= 4 is 29.0 Å². The van der Waals surface area contributed by atoms with Crippen molar-refractivity contribution in [2.24, 2.45) is 0 Å². The van der Waals surface area contributed by atoms with E-state index in [2.05, 4.69) is 20.5 Å². The highest BCUT2D eigenvalue weighted by molar-refractivity contribution is 6.33. The number of carbonyl (C=O) groups is 1. The molecule has 0 radical (unpaired) electrons. The highest BCUT2D eigenvalue weighted by Crippen LogP contribution is 2.33. The first-order valence-corrected chi connectivity index (χ1v) is 11.7. The van der Waals surface area contributed by atoms with Crippen LogP contribution < -0.4 is 5.32 Å². The second-order valence-electron chi connectivity index (χ2n) is 8.69. The lowest BCUT2D eigenvalue weighted by Crippen LogP contribution is -2.16. The van der Waals surface area contributed by atoms with E-state index in [4.69, 9.17) is 11.6 Å². The molecule has 1 N–H and O–H groups in total. The number of halogens is 5. The maximum atomic E-state index is 14.0. The molecule has 0 bridgehead atoms. The van der Waals surface area contributed by atoms with E-state index in [-0.39, 0.29) is 34.4 Å². The van der Waals surface area contributed by atoms with Gasteiger partial charge < -0.3 is 5.32 Å². The zero-order chi connectivity index (χ0) is 27.2. The SMILES string of the molecule is Cc1ccc(-c2cc(C(F)(F)F)n3nc(C(=O)Nc4nn(Cc5ccccc5F)cc4Cl)cc3n2)cc1C. The summed E-state index contributed by atoms with van der Waals surface area (Å²) in [5.41, 5.74) is 1.28. The molecule has 1 amide bonds. The number of benzene rings is 2. The third kappa shape index (κ3) is 4.97. The van der Waals surface area contributed by atoms with Gasteiger partial charge in [-0.1, -0.05) is 41.9 Å². The molecule has 12 heteroatoms. The molecule has 5 rings (SSSR count). The van der Waals surface area contributed by atoms with Gasteiger partial charge in [-0.25, -0.2) is 13.9 Å². The molecular formula is C26H19ClF4N6O. The number of nitrogens with zero attached hydrogens (tertiary/aromatic N) is 5. The van der Waals surface area contributed by atoms with E-state index < -0.39 is 23.6 Å². The van der Waals surface area contributed by atoms with E-state index in [1.165, 1.54) is 16.9 Å². The molecule has 0 aliphatic carbocycles. The second-order valence-corrected chi connectivity index (χ2v) is 9.10. The number of rotatable bonds is 5. The van der Waals surface area contributed by atoms with E-state index in [9.17, 15) is 22.4 Å². The Morgan fingerprint density at radius 1 is 1.03 bits per heavy atom. The van der Waals surface area contributed by atoms with Gasteiger partial charge in [0.25, 0.3) is 5.91 Å². The zero-order valence-electron chi connectivity index (χ0n) is 20.0. The summed E-state index contributed by atoms with van der Waals surface area (Å²) in [5, 5.41) is 10.5. The summed E-state index contributed by atoms with van der Waals surface area (Å²) in [6, 6.07) is 13.4. The molecule has 3 heterocycles. The molecular weight excluding hydrogens is 524 g/mol. The minimum atomic E-state index is -4.76. The van der Waals surface area contributed by atoms with Gasteiger partial charge in [0.1, 0.15) is 10.8 Å². The van der Waals surface area contributed by atoms with Crippen LogP contribution in [0.1, 0.15) is 32.9 Å². The predicted molar refractivity (Wildman–Crippen MR) is 134 cm³/mol. The largest absolute Gasteiger partial charge is 0.433 e. The van der Waals surface area contributed by atoms with Gasteiger partial charge in [0.05, 0.1) is 12.2 Å². The van der Waals surface area contributed by atoms with Gasteiger partial charge in [-0.2, -0.15) is 23.4 Å². The molecule has 0 saturated heterocycles. The van der Waals surface area contributed by atoms with Crippen molar-refractivity contribution in [2.75, 3.05) is 5.32 Å². The minimum absolute atomic E-state index is 0.0510. The van der Waals surface area contributed by atoms with E-state index in [1.807, 2.05) is 13.8 Å². The molecule has 5 aromatic rings. The lowest BCUT2D eigenvalue weighted by atomic mass is 10.0. The normalized spacial score (nSPS) is 11.8. The smallest absolute Gasteiger partial charge is 0.302 e. The van der Waals surface area contributed by atoms with Crippen molar-refractivity contribution in [2.45, 2.75) is 26.6 Å². The van der Waals surface area contributed by atoms with Crippen molar-refractivity contribution in [3.8, 4) is 11.3 Å². The van der Waals surface area contributed by atoms with E-state index >= 15 is 0 Å². The van der Waals surface area contributed by atoms with Crippen LogP contribution in [0.3, 0.4) is 0 Å². The summed E-state index contributed by atoms with van der Waals surface area (Å²) in [6.45, 7) is 3.80. The molecule has 0 unspecified atom stereocenters. The molecule has 2 aromatic carbocycles. The van der Waals surface area contributed by atoms with Crippen LogP contribution in [0, 0.1) is 19.7 Å². The predicted octanol–water partition coefficient (Wildman–Crippen LogP) is 6.32. The molecule has 0 spiro atoms. The number of aryl methyl sites for hydroxylation is 2. The van der Waals surface area contributed by atoms with Crippen molar-refractivity contribution in [1.29, 1.82) is 0 Å². The fraction of sp³-hybridized carbons (Fsp3) is 0.154. The Hall–Kier alpha value is -4.25. The quantitative estimate of drug-likeness (QED) is 0.264. The average molecular weight is 543 g/mol. The minimum Gasteiger partial charge on any atom is -0.302 e. The zero-order valence-corrected chi connectivity index (χ0v) is 20.8. The first-order valence-electron chi connectivity index (χ1n) is 11.3. The molecule has 7 nitrogen and oxygen atoms in total. The van der Waals surface area contributed by atoms with Gasteiger partial charge >= 0.3 is 6.18 Å². The van der Waals surface area contributed by atoms with Crippen LogP contribution in [0.5, 0.6) is 0 Å². The van der Waals surface area contributed by atoms with Crippen molar-refractivity contribution in [3.63, 3.8) is 0 Å². The molecule has 38 heavy (non-hydrogen) atoms.